The van der Waals surface area contributed by atoms with Crippen molar-refractivity contribution in [3.8, 4) is 5.75 Å². The van der Waals surface area contributed by atoms with Crippen LogP contribution in [0.1, 0.15) is 35.2 Å². The fourth-order valence-electron chi connectivity index (χ4n) is 2.07. The molecule has 1 N–H and O–H groups in total. The Bertz CT molecular complexity index is 535. The lowest BCUT2D eigenvalue weighted by atomic mass is 10.2. The van der Waals surface area contributed by atoms with Crippen LogP contribution in [0.25, 0.3) is 0 Å². The van der Waals surface area contributed by atoms with E-state index in [0.29, 0.717) is 12.6 Å². The van der Waals surface area contributed by atoms with E-state index in [1.807, 2.05) is 23.5 Å². The van der Waals surface area contributed by atoms with Crippen molar-refractivity contribution in [1.82, 2.24) is 5.32 Å². The van der Waals surface area contributed by atoms with Crippen molar-refractivity contribution >= 4 is 11.3 Å². The number of ether oxygens (including phenoxy) is 1. The fourth-order valence-corrected chi connectivity index (χ4v) is 3.05. The molecule has 0 aliphatic carbocycles. The summed E-state index contributed by atoms with van der Waals surface area (Å²) in [5.41, 5.74) is 1.23. The van der Waals surface area contributed by atoms with Crippen LogP contribution in [-0.2, 0) is 6.42 Å². The van der Waals surface area contributed by atoms with E-state index in [-0.39, 0.29) is 0 Å². The molecule has 0 amide bonds. The van der Waals surface area contributed by atoms with Crippen LogP contribution in [0.5, 0.6) is 5.75 Å². The molecule has 0 bridgehead atoms. The van der Waals surface area contributed by atoms with E-state index in [2.05, 4.69) is 50.4 Å². The molecule has 1 aromatic carbocycles. The Morgan fingerprint density at radius 1 is 1.25 bits per heavy atom. The van der Waals surface area contributed by atoms with E-state index in [4.69, 9.17) is 4.74 Å². The third kappa shape index (κ3) is 4.36. The highest BCUT2D eigenvalue weighted by atomic mass is 32.1. The van der Waals surface area contributed by atoms with Gasteiger partial charge in [-0.3, -0.25) is 0 Å². The summed E-state index contributed by atoms with van der Waals surface area (Å²) >= 11 is 1.89. The van der Waals surface area contributed by atoms with Gasteiger partial charge in [-0.2, -0.15) is 0 Å². The Hall–Kier alpha value is -1.32. The lowest BCUT2D eigenvalue weighted by Gasteiger charge is -2.13. The highest BCUT2D eigenvalue weighted by Crippen LogP contribution is 2.23. The van der Waals surface area contributed by atoms with Gasteiger partial charge >= 0.3 is 0 Å². The maximum absolute atomic E-state index is 5.74. The molecule has 0 spiro atoms. The van der Waals surface area contributed by atoms with Crippen molar-refractivity contribution in [1.29, 1.82) is 0 Å². The lowest BCUT2D eigenvalue weighted by molar-refractivity contribution is 0.308. The number of thiophene rings is 1. The van der Waals surface area contributed by atoms with Crippen molar-refractivity contribution in [3.63, 3.8) is 0 Å². The summed E-state index contributed by atoms with van der Waals surface area (Å²) in [6.07, 6.45) is 1.12. The van der Waals surface area contributed by atoms with E-state index in [1.54, 1.807) is 0 Å². The zero-order valence-corrected chi connectivity index (χ0v) is 13.3. The minimum absolute atomic E-state index is 0.390. The first-order valence-corrected chi connectivity index (χ1v) is 8.02. The Kier molecular flexibility index (Phi) is 5.62. The highest BCUT2D eigenvalue weighted by molar-refractivity contribution is 7.12. The maximum Gasteiger partial charge on any atom is 0.119 e. The SMILES string of the molecule is CCc1ccc(C(C)NCCOc2cccc(C)c2)s1. The smallest absolute Gasteiger partial charge is 0.119 e. The molecule has 1 unspecified atom stereocenters. The Morgan fingerprint density at radius 3 is 2.80 bits per heavy atom. The van der Waals surface area contributed by atoms with Crippen molar-refractivity contribution in [2.24, 2.45) is 0 Å². The number of hydrogen-bond donors (Lipinski definition) is 1. The van der Waals surface area contributed by atoms with Crippen LogP contribution in [-0.4, -0.2) is 13.2 Å². The van der Waals surface area contributed by atoms with Gasteiger partial charge in [-0.05, 0) is 50.1 Å². The highest BCUT2D eigenvalue weighted by Gasteiger charge is 2.07. The summed E-state index contributed by atoms with van der Waals surface area (Å²) in [4.78, 5) is 2.85. The summed E-state index contributed by atoms with van der Waals surface area (Å²) in [6, 6.07) is 13.0. The predicted molar refractivity (Wildman–Crippen MR) is 86.8 cm³/mol. The second kappa shape index (κ2) is 7.46. The molecule has 20 heavy (non-hydrogen) atoms. The van der Waals surface area contributed by atoms with Crippen LogP contribution in [0.2, 0.25) is 0 Å². The van der Waals surface area contributed by atoms with Crippen LogP contribution in [0, 0.1) is 6.92 Å². The van der Waals surface area contributed by atoms with Crippen molar-refractivity contribution in [2.75, 3.05) is 13.2 Å². The lowest BCUT2D eigenvalue weighted by Crippen LogP contribution is -2.23. The van der Waals surface area contributed by atoms with Crippen LogP contribution in [0.3, 0.4) is 0 Å². The van der Waals surface area contributed by atoms with E-state index in [0.717, 1.165) is 18.7 Å². The molecule has 1 atom stereocenters. The number of benzene rings is 1. The molecule has 1 aromatic heterocycles. The second-order valence-electron chi connectivity index (χ2n) is 5.00. The minimum atomic E-state index is 0.390. The molecule has 0 saturated carbocycles. The largest absolute Gasteiger partial charge is 0.492 e. The summed E-state index contributed by atoms with van der Waals surface area (Å²) in [6.45, 7) is 8.03. The van der Waals surface area contributed by atoms with Gasteiger partial charge in [0.05, 0.1) is 0 Å². The topological polar surface area (TPSA) is 21.3 Å². The van der Waals surface area contributed by atoms with Crippen molar-refractivity contribution in [2.45, 2.75) is 33.2 Å². The third-order valence-electron chi connectivity index (χ3n) is 3.27. The molecular formula is C17H23NOS. The van der Waals surface area contributed by atoms with Crippen LogP contribution in [0.4, 0.5) is 0 Å². The molecule has 0 aliphatic rings. The average Bonchev–Trinajstić information content (AvgIpc) is 2.92. The normalized spacial score (nSPS) is 12.3. The van der Waals surface area contributed by atoms with Gasteiger partial charge in [0.1, 0.15) is 12.4 Å². The zero-order valence-electron chi connectivity index (χ0n) is 12.5. The van der Waals surface area contributed by atoms with Gasteiger partial charge in [0.2, 0.25) is 0 Å². The van der Waals surface area contributed by atoms with Gasteiger partial charge < -0.3 is 10.1 Å². The first-order valence-electron chi connectivity index (χ1n) is 7.20. The minimum Gasteiger partial charge on any atom is -0.492 e. The zero-order chi connectivity index (χ0) is 14.4. The van der Waals surface area contributed by atoms with E-state index in [9.17, 15) is 0 Å². The standard InChI is InChI=1S/C17H23NOS/c1-4-16-8-9-17(20-16)14(3)18-10-11-19-15-7-5-6-13(2)12-15/h5-9,12,14,18H,4,10-11H2,1-3H3. The van der Waals surface area contributed by atoms with E-state index in [1.165, 1.54) is 15.3 Å². The van der Waals surface area contributed by atoms with Gasteiger partial charge in [-0.25, -0.2) is 0 Å². The first kappa shape index (κ1) is 15.1. The van der Waals surface area contributed by atoms with Gasteiger partial charge in [0, 0.05) is 22.3 Å². The van der Waals surface area contributed by atoms with Crippen molar-refractivity contribution < 1.29 is 4.74 Å². The molecule has 3 heteroatoms. The van der Waals surface area contributed by atoms with Gasteiger partial charge in [0.15, 0.2) is 0 Å². The number of nitrogens with one attached hydrogen (secondary N) is 1. The fraction of sp³-hybridized carbons (Fsp3) is 0.412. The number of rotatable bonds is 7. The number of hydrogen-bond acceptors (Lipinski definition) is 3. The van der Waals surface area contributed by atoms with Crippen molar-refractivity contribution in [3.05, 3.63) is 51.7 Å². The van der Waals surface area contributed by atoms with E-state index >= 15 is 0 Å². The molecule has 2 nitrogen and oxygen atoms in total. The molecule has 2 aromatic rings. The maximum atomic E-state index is 5.74. The second-order valence-corrected chi connectivity index (χ2v) is 6.20. The Balaban J connectivity index is 1.73. The van der Waals surface area contributed by atoms with Gasteiger partial charge in [-0.15, -0.1) is 11.3 Å². The van der Waals surface area contributed by atoms with Gasteiger partial charge in [-0.1, -0.05) is 19.1 Å². The molecule has 0 fully saturated rings. The summed E-state index contributed by atoms with van der Waals surface area (Å²) in [7, 11) is 0. The van der Waals surface area contributed by atoms with Crippen LogP contribution in [0.15, 0.2) is 36.4 Å². The van der Waals surface area contributed by atoms with Crippen LogP contribution >= 0.6 is 11.3 Å². The quantitative estimate of drug-likeness (QED) is 0.765. The molecule has 0 aliphatic heterocycles. The third-order valence-corrected chi connectivity index (χ3v) is 4.68. The molecule has 0 saturated heterocycles. The van der Waals surface area contributed by atoms with E-state index < -0.39 is 0 Å². The number of aryl methyl sites for hydroxylation is 2. The summed E-state index contributed by atoms with van der Waals surface area (Å²) in [5.74, 6) is 0.948. The molecule has 1 heterocycles. The average molecular weight is 289 g/mol. The molecule has 108 valence electrons. The summed E-state index contributed by atoms with van der Waals surface area (Å²) in [5, 5.41) is 3.51. The summed E-state index contributed by atoms with van der Waals surface area (Å²) < 4.78 is 5.74. The molecule has 2 rings (SSSR count). The monoisotopic (exact) mass is 289 g/mol. The molecular weight excluding hydrogens is 266 g/mol. The molecule has 0 radical (unpaired) electrons. The van der Waals surface area contributed by atoms with Crippen LogP contribution < -0.4 is 10.1 Å². The first-order chi connectivity index (χ1) is 9.69. The Labute approximate surface area is 125 Å². The predicted octanol–water partition coefficient (Wildman–Crippen LogP) is 4.35. The van der Waals surface area contributed by atoms with Gasteiger partial charge in [0.25, 0.3) is 0 Å². The Morgan fingerprint density at radius 2 is 2.10 bits per heavy atom.